The number of carbonyl (C=O) groups excluding carboxylic acids is 1. The molecule has 0 unspecified atom stereocenters. The van der Waals surface area contributed by atoms with Gasteiger partial charge >= 0.3 is 0 Å². The van der Waals surface area contributed by atoms with Gasteiger partial charge < -0.3 is 10.6 Å². The van der Waals surface area contributed by atoms with E-state index in [-0.39, 0.29) is 11.7 Å². The fourth-order valence-electron chi connectivity index (χ4n) is 2.18. The fraction of sp³-hybridized carbons (Fsp3) is 0.0526. The minimum Gasteiger partial charge on any atom is -0.354 e. The van der Waals surface area contributed by atoms with Gasteiger partial charge in [0.15, 0.2) is 0 Å². The monoisotopic (exact) mass is 355 g/mol. The molecule has 4 nitrogen and oxygen atoms in total. The van der Waals surface area contributed by atoms with Gasteiger partial charge in [0.25, 0.3) is 5.91 Å². The first-order valence-electron chi connectivity index (χ1n) is 7.61. The lowest BCUT2D eigenvalue weighted by atomic mass is 10.2. The van der Waals surface area contributed by atoms with Crippen molar-refractivity contribution in [3.8, 4) is 0 Å². The average molecular weight is 356 g/mol. The summed E-state index contributed by atoms with van der Waals surface area (Å²) < 4.78 is 12.9. The first-order chi connectivity index (χ1) is 12.1. The van der Waals surface area contributed by atoms with Crippen LogP contribution in [0.3, 0.4) is 0 Å². The lowest BCUT2D eigenvalue weighted by Gasteiger charge is -2.08. The maximum atomic E-state index is 12.9. The van der Waals surface area contributed by atoms with E-state index in [4.69, 9.17) is 11.6 Å². The van der Waals surface area contributed by atoms with Gasteiger partial charge in [0.05, 0.1) is 11.9 Å². The van der Waals surface area contributed by atoms with E-state index in [1.54, 1.807) is 42.6 Å². The van der Waals surface area contributed by atoms with Crippen LogP contribution in [0.4, 0.5) is 15.8 Å². The zero-order chi connectivity index (χ0) is 17.6. The Morgan fingerprint density at radius 3 is 2.28 bits per heavy atom. The average Bonchev–Trinajstić information content (AvgIpc) is 2.63. The van der Waals surface area contributed by atoms with Gasteiger partial charge in [-0.2, -0.15) is 0 Å². The van der Waals surface area contributed by atoms with Crippen LogP contribution in [0.15, 0.2) is 66.9 Å². The number of amides is 1. The third-order valence-corrected chi connectivity index (χ3v) is 3.75. The molecule has 0 bridgehead atoms. The molecular formula is C19H15ClFN3O. The first-order valence-corrected chi connectivity index (χ1v) is 7.99. The molecule has 0 aliphatic heterocycles. The summed E-state index contributed by atoms with van der Waals surface area (Å²) in [4.78, 5) is 16.3. The number of benzene rings is 2. The molecule has 0 aliphatic rings. The van der Waals surface area contributed by atoms with Crippen LogP contribution in [0.1, 0.15) is 16.1 Å². The highest BCUT2D eigenvalue weighted by Crippen LogP contribution is 2.16. The SMILES string of the molecule is O=C(NCc1ccc(Cl)cc1)c1ccc(Nc2ccc(F)cc2)cn1. The highest BCUT2D eigenvalue weighted by molar-refractivity contribution is 6.30. The largest absolute Gasteiger partial charge is 0.354 e. The number of nitrogens with zero attached hydrogens (tertiary/aromatic N) is 1. The van der Waals surface area contributed by atoms with E-state index >= 15 is 0 Å². The van der Waals surface area contributed by atoms with E-state index in [9.17, 15) is 9.18 Å². The Balaban J connectivity index is 1.58. The van der Waals surface area contributed by atoms with Crippen LogP contribution in [-0.2, 0) is 6.54 Å². The first kappa shape index (κ1) is 16.9. The smallest absolute Gasteiger partial charge is 0.270 e. The van der Waals surface area contributed by atoms with Crippen molar-refractivity contribution in [2.24, 2.45) is 0 Å². The third kappa shape index (κ3) is 4.78. The van der Waals surface area contributed by atoms with Crippen molar-refractivity contribution in [1.82, 2.24) is 10.3 Å². The second-order valence-electron chi connectivity index (χ2n) is 5.37. The molecule has 2 aromatic carbocycles. The fourth-order valence-corrected chi connectivity index (χ4v) is 2.30. The quantitative estimate of drug-likeness (QED) is 0.706. The molecule has 1 aromatic heterocycles. The zero-order valence-corrected chi connectivity index (χ0v) is 13.9. The van der Waals surface area contributed by atoms with Crippen LogP contribution in [0.25, 0.3) is 0 Å². The van der Waals surface area contributed by atoms with Gasteiger partial charge in [-0.3, -0.25) is 4.79 Å². The Labute approximate surface area is 149 Å². The van der Waals surface area contributed by atoms with Crippen molar-refractivity contribution in [2.75, 3.05) is 5.32 Å². The number of hydrogen-bond acceptors (Lipinski definition) is 3. The van der Waals surface area contributed by atoms with Crippen molar-refractivity contribution < 1.29 is 9.18 Å². The molecule has 3 rings (SSSR count). The molecule has 0 fully saturated rings. The number of carbonyl (C=O) groups is 1. The molecule has 25 heavy (non-hydrogen) atoms. The van der Waals surface area contributed by atoms with Crippen molar-refractivity contribution in [3.63, 3.8) is 0 Å². The Hall–Kier alpha value is -2.92. The minimum absolute atomic E-state index is 0.261. The molecule has 0 spiro atoms. The number of anilines is 2. The Bertz CT molecular complexity index is 849. The predicted molar refractivity (Wildman–Crippen MR) is 96.5 cm³/mol. The summed E-state index contributed by atoms with van der Waals surface area (Å²) in [6.07, 6.45) is 1.56. The Kier molecular flexibility index (Phi) is 5.26. The maximum absolute atomic E-state index is 12.9. The van der Waals surface area contributed by atoms with Gasteiger partial charge in [0.2, 0.25) is 0 Å². The Morgan fingerprint density at radius 1 is 0.960 bits per heavy atom. The van der Waals surface area contributed by atoms with E-state index < -0.39 is 0 Å². The number of rotatable bonds is 5. The van der Waals surface area contributed by atoms with Crippen molar-refractivity contribution in [1.29, 1.82) is 0 Å². The summed E-state index contributed by atoms with van der Waals surface area (Å²) >= 11 is 5.83. The zero-order valence-electron chi connectivity index (χ0n) is 13.2. The predicted octanol–water partition coefficient (Wildman–Crippen LogP) is 4.55. The van der Waals surface area contributed by atoms with Gasteiger partial charge in [-0.1, -0.05) is 23.7 Å². The summed E-state index contributed by atoms with van der Waals surface area (Å²) in [5.41, 5.74) is 2.72. The van der Waals surface area contributed by atoms with E-state index in [1.807, 2.05) is 12.1 Å². The van der Waals surface area contributed by atoms with Gasteiger partial charge in [-0.05, 0) is 54.1 Å². The molecule has 0 saturated heterocycles. The summed E-state index contributed by atoms with van der Waals surface area (Å²) in [5, 5.41) is 6.54. The van der Waals surface area contributed by atoms with E-state index in [1.165, 1.54) is 12.1 Å². The van der Waals surface area contributed by atoms with Gasteiger partial charge in [-0.25, -0.2) is 9.37 Å². The lowest BCUT2D eigenvalue weighted by molar-refractivity contribution is 0.0946. The normalized spacial score (nSPS) is 10.3. The number of nitrogens with one attached hydrogen (secondary N) is 2. The van der Waals surface area contributed by atoms with Crippen LogP contribution in [0, 0.1) is 5.82 Å². The van der Waals surface area contributed by atoms with Crippen molar-refractivity contribution in [2.45, 2.75) is 6.54 Å². The Morgan fingerprint density at radius 2 is 1.64 bits per heavy atom. The second-order valence-corrected chi connectivity index (χ2v) is 5.81. The molecule has 1 amide bonds. The molecule has 0 aliphatic carbocycles. The van der Waals surface area contributed by atoms with Crippen LogP contribution in [0.5, 0.6) is 0 Å². The van der Waals surface area contributed by atoms with Crippen LogP contribution >= 0.6 is 11.6 Å². The number of pyridine rings is 1. The van der Waals surface area contributed by atoms with Crippen LogP contribution in [0.2, 0.25) is 5.02 Å². The van der Waals surface area contributed by atoms with Crippen molar-refractivity contribution in [3.05, 3.63) is 89.0 Å². The second kappa shape index (κ2) is 7.77. The van der Waals surface area contributed by atoms with Gasteiger partial charge in [-0.15, -0.1) is 0 Å². The minimum atomic E-state index is -0.295. The molecular weight excluding hydrogens is 341 g/mol. The van der Waals surface area contributed by atoms with E-state index in [2.05, 4.69) is 15.6 Å². The summed E-state index contributed by atoms with van der Waals surface area (Å²) in [6, 6.07) is 16.6. The van der Waals surface area contributed by atoms with E-state index in [0.717, 1.165) is 11.3 Å². The van der Waals surface area contributed by atoms with Crippen LogP contribution in [-0.4, -0.2) is 10.9 Å². The topological polar surface area (TPSA) is 54.0 Å². The van der Waals surface area contributed by atoms with Crippen molar-refractivity contribution >= 4 is 28.9 Å². The molecule has 1 heterocycles. The highest BCUT2D eigenvalue weighted by atomic mass is 35.5. The van der Waals surface area contributed by atoms with Gasteiger partial charge in [0, 0.05) is 17.3 Å². The molecule has 126 valence electrons. The van der Waals surface area contributed by atoms with Crippen LogP contribution < -0.4 is 10.6 Å². The number of hydrogen-bond donors (Lipinski definition) is 2. The van der Waals surface area contributed by atoms with E-state index in [0.29, 0.717) is 22.9 Å². The standard InChI is InChI=1S/C19H15ClFN3O/c20-14-3-1-13(2-4-14)11-23-19(25)18-10-9-17(12-22-18)24-16-7-5-15(21)6-8-16/h1-10,12,24H,11H2,(H,23,25). The summed E-state index contributed by atoms with van der Waals surface area (Å²) in [7, 11) is 0. The molecule has 0 radical (unpaired) electrons. The molecule has 6 heteroatoms. The molecule has 0 saturated carbocycles. The molecule has 0 atom stereocenters. The highest BCUT2D eigenvalue weighted by Gasteiger charge is 2.07. The lowest BCUT2D eigenvalue weighted by Crippen LogP contribution is -2.23. The number of halogens is 2. The summed E-state index contributed by atoms with van der Waals surface area (Å²) in [6.45, 7) is 0.396. The third-order valence-electron chi connectivity index (χ3n) is 3.50. The number of aromatic nitrogens is 1. The van der Waals surface area contributed by atoms with Gasteiger partial charge in [0.1, 0.15) is 11.5 Å². The molecule has 3 aromatic rings. The maximum Gasteiger partial charge on any atom is 0.270 e. The molecule has 2 N–H and O–H groups in total. The summed E-state index contributed by atoms with van der Waals surface area (Å²) in [5.74, 6) is -0.556.